The first kappa shape index (κ1) is 17.9. The summed E-state index contributed by atoms with van der Waals surface area (Å²) in [7, 11) is 0. The Bertz CT molecular complexity index is 366. The molecule has 1 nitrogen and oxygen atoms in total. The van der Waals surface area contributed by atoms with Gasteiger partial charge in [-0.2, -0.15) is 0 Å². The van der Waals surface area contributed by atoms with Crippen LogP contribution in [-0.2, 0) is 6.42 Å². The van der Waals surface area contributed by atoms with Gasteiger partial charge in [-0.15, -0.1) is 0 Å². The maximum absolute atomic E-state index is 2.45. The molecule has 0 bridgehead atoms. The monoisotopic (exact) mass is 261 g/mol. The zero-order chi connectivity index (χ0) is 13.2. The molecular formula is C18H31N. The summed E-state index contributed by atoms with van der Waals surface area (Å²) < 4.78 is 0. The Morgan fingerprint density at radius 2 is 1.84 bits per heavy atom. The largest absolute Gasteiger partial charge is 0.344 e. The predicted octanol–water partition coefficient (Wildman–Crippen LogP) is 6.17. The van der Waals surface area contributed by atoms with E-state index in [-0.39, 0.29) is 6.15 Å². The van der Waals surface area contributed by atoms with Crippen molar-refractivity contribution >= 4 is 5.57 Å². The van der Waals surface area contributed by atoms with Crippen molar-refractivity contribution in [2.75, 3.05) is 0 Å². The highest BCUT2D eigenvalue weighted by atomic mass is 14.1. The van der Waals surface area contributed by atoms with Crippen LogP contribution in [-0.4, -0.2) is 0 Å². The van der Waals surface area contributed by atoms with Crippen LogP contribution in [0.3, 0.4) is 0 Å². The van der Waals surface area contributed by atoms with Crippen molar-refractivity contribution < 1.29 is 0 Å². The molecule has 1 rings (SSSR count). The van der Waals surface area contributed by atoms with Crippen LogP contribution in [0.5, 0.6) is 0 Å². The summed E-state index contributed by atoms with van der Waals surface area (Å²) in [4.78, 5) is 0. The van der Waals surface area contributed by atoms with E-state index in [0.717, 1.165) is 0 Å². The second-order valence-electron chi connectivity index (χ2n) is 5.07. The van der Waals surface area contributed by atoms with Gasteiger partial charge in [-0.05, 0) is 42.4 Å². The summed E-state index contributed by atoms with van der Waals surface area (Å²) in [6, 6.07) is 9.13. The smallest absolute Gasteiger partial charge is 0.0225 e. The van der Waals surface area contributed by atoms with Crippen LogP contribution in [0, 0.1) is 0 Å². The highest BCUT2D eigenvalue weighted by molar-refractivity contribution is 5.66. The van der Waals surface area contributed by atoms with E-state index >= 15 is 0 Å². The van der Waals surface area contributed by atoms with Gasteiger partial charge in [0.25, 0.3) is 0 Å². The average Bonchev–Trinajstić information content (AvgIpc) is 2.40. The van der Waals surface area contributed by atoms with Gasteiger partial charge in [0.1, 0.15) is 0 Å². The molecule has 0 unspecified atom stereocenters. The van der Waals surface area contributed by atoms with E-state index in [1.165, 1.54) is 56.1 Å². The van der Waals surface area contributed by atoms with Crippen LogP contribution in [0.2, 0.25) is 0 Å². The molecule has 1 heteroatoms. The van der Waals surface area contributed by atoms with E-state index < -0.39 is 0 Å². The lowest BCUT2D eigenvalue weighted by Gasteiger charge is -2.09. The minimum atomic E-state index is 0. The predicted molar refractivity (Wildman–Crippen MR) is 87.9 cm³/mol. The molecule has 0 saturated heterocycles. The fourth-order valence-electron chi connectivity index (χ4n) is 2.27. The summed E-state index contributed by atoms with van der Waals surface area (Å²) in [5.41, 5.74) is 4.48. The van der Waals surface area contributed by atoms with Crippen LogP contribution in [0.1, 0.15) is 70.4 Å². The minimum absolute atomic E-state index is 0. The van der Waals surface area contributed by atoms with Crippen LogP contribution >= 0.6 is 0 Å². The second-order valence-corrected chi connectivity index (χ2v) is 5.07. The Morgan fingerprint density at radius 3 is 2.47 bits per heavy atom. The van der Waals surface area contributed by atoms with Crippen LogP contribution in [0.15, 0.2) is 30.3 Å². The molecule has 0 atom stereocenters. The highest BCUT2D eigenvalue weighted by Gasteiger charge is 2.02. The van der Waals surface area contributed by atoms with E-state index in [0.29, 0.717) is 0 Å². The lowest BCUT2D eigenvalue weighted by molar-refractivity contribution is 0.820. The van der Waals surface area contributed by atoms with Crippen LogP contribution in [0.25, 0.3) is 5.57 Å². The number of hydrogen-bond donors (Lipinski definition) is 1. The third kappa shape index (κ3) is 6.58. The Balaban J connectivity index is 0.00000324. The maximum atomic E-state index is 2.45. The van der Waals surface area contributed by atoms with Gasteiger partial charge in [-0.25, -0.2) is 0 Å². The molecule has 1 aromatic carbocycles. The molecular weight excluding hydrogens is 230 g/mol. The number of rotatable bonds is 8. The van der Waals surface area contributed by atoms with E-state index in [1.54, 1.807) is 5.57 Å². The van der Waals surface area contributed by atoms with Crippen LogP contribution < -0.4 is 6.15 Å². The lowest BCUT2D eigenvalue weighted by Crippen LogP contribution is -1.89. The Labute approximate surface area is 119 Å². The minimum Gasteiger partial charge on any atom is -0.344 e. The van der Waals surface area contributed by atoms with Crippen molar-refractivity contribution in [3.63, 3.8) is 0 Å². The molecule has 1 aromatic rings. The first-order chi connectivity index (χ1) is 8.81. The van der Waals surface area contributed by atoms with Crippen molar-refractivity contribution in [2.45, 2.75) is 65.7 Å². The Kier molecular flexibility index (Phi) is 10.2. The molecule has 3 N–H and O–H groups in total. The summed E-state index contributed by atoms with van der Waals surface area (Å²) in [5, 5.41) is 0. The van der Waals surface area contributed by atoms with Gasteiger partial charge in [0.05, 0.1) is 0 Å². The molecule has 0 aliphatic carbocycles. The summed E-state index contributed by atoms with van der Waals surface area (Å²) in [6.45, 7) is 6.77. The van der Waals surface area contributed by atoms with Gasteiger partial charge in [0.15, 0.2) is 0 Å². The molecule has 0 heterocycles. The SMILES string of the molecule is CCCC=C(CCCC)c1cccc(CCC)c1.N. The molecule has 0 spiro atoms. The van der Waals surface area contributed by atoms with E-state index in [2.05, 4.69) is 51.1 Å². The molecule has 0 aliphatic rings. The maximum Gasteiger partial charge on any atom is -0.0225 e. The van der Waals surface area contributed by atoms with Crippen molar-refractivity contribution in [3.05, 3.63) is 41.5 Å². The highest BCUT2D eigenvalue weighted by Crippen LogP contribution is 2.23. The third-order valence-corrected chi connectivity index (χ3v) is 3.32. The summed E-state index contributed by atoms with van der Waals surface area (Å²) in [6.07, 6.45) is 11.1. The average molecular weight is 261 g/mol. The fourth-order valence-corrected chi connectivity index (χ4v) is 2.27. The molecule has 0 saturated carbocycles. The number of allylic oxidation sites excluding steroid dienone is 2. The molecule has 0 amide bonds. The van der Waals surface area contributed by atoms with Crippen molar-refractivity contribution in [3.8, 4) is 0 Å². The van der Waals surface area contributed by atoms with Gasteiger partial charge in [0, 0.05) is 0 Å². The summed E-state index contributed by atoms with van der Waals surface area (Å²) in [5.74, 6) is 0. The normalized spacial score (nSPS) is 11.2. The first-order valence-corrected chi connectivity index (χ1v) is 7.60. The van der Waals surface area contributed by atoms with Crippen molar-refractivity contribution in [1.29, 1.82) is 0 Å². The summed E-state index contributed by atoms with van der Waals surface area (Å²) >= 11 is 0. The number of unbranched alkanes of at least 4 members (excludes halogenated alkanes) is 2. The van der Waals surface area contributed by atoms with E-state index in [4.69, 9.17) is 0 Å². The van der Waals surface area contributed by atoms with Gasteiger partial charge >= 0.3 is 0 Å². The zero-order valence-electron chi connectivity index (χ0n) is 13.0. The van der Waals surface area contributed by atoms with Gasteiger partial charge < -0.3 is 6.15 Å². The topological polar surface area (TPSA) is 35.0 Å². The Hall–Kier alpha value is -1.08. The third-order valence-electron chi connectivity index (χ3n) is 3.32. The standard InChI is InChI=1S/C18H28.H3N/c1-4-7-12-17(13-8-5-2)18-14-9-11-16(15-18)10-6-3;/h9,11-12,14-15H,4-8,10,13H2,1-3H3;1H3. The molecule has 0 radical (unpaired) electrons. The van der Waals surface area contributed by atoms with E-state index in [9.17, 15) is 0 Å². The van der Waals surface area contributed by atoms with Gasteiger partial charge in [-0.3, -0.25) is 0 Å². The van der Waals surface area contributed by atoms with E-state index in [1.807, 2.05) is 0 Å². The van der Waals surface area contributed by atoms with Gasteiger partial charge in [0.2, 0.25) is 0 Å². The quantitative estimate of drug-likeness (QED) is 0.596. The first-order valence-electron chi connectivity index (χ1n) is 7.60. The number of aryl methyl sites for hydroxylation is 1. The zero-order valence-corrected chi connectivity index (χ0v) is 13.0. The fraction of sp³-hybridized carbons (Fsp3) is 0.556. The number of benzene rings is 1. The molecule has 108 valence electrons. The number of hydrogen-bond acceptors (Lipinski definition) is 1. The van der Waals surface area contributed by atoms with Crippen LogP contribution in [0.4, 0.5) is 0 Å². The molecule has 0 aromatic heterocycles. The molecule has 0 aliphatic heterocycles. The molecule has 0 fully saturated rings. The Morgan fingerprint density at radius 1 is 1.05 bits per heavy atom. The van der Waals surface area contributed by atoms with Crippen molar-refractivity contribution in [1.82, 2.24) is 6.15 Å². The molecule has 19 heavy (non-hydrogen) atoms. The van der Waals surface area contributed by atoms with Gasteiger partial charge in [-0.1, -0.05) is 70.4 Å². The van der Waals surface area contributed by atoms with Crippen molar-refractivity contribution in [2.24, 2.45) is 0 Å². The lowest BCUT2D eigenvalue weighted by atomic mass is 9.96. The second kappa shape index (κ2) is 10.8.